The van der Waals surface area contributed by atoms with Crippen molar-refractivity contribution in [2.75, 3.05) is 5.32 Å². The van der Waals surface area contributed by atoms with Crippen molar-refractivity contribution in [2.45, 2.75) is 6.18 Å². The Morgan fingerprint density at radius 1 is 1.04 bits per heavy atom. The van der Waals surface area contributed by atoms with Gasteiger partial charge in [0.25, 0.3) is 5.91 Å². The Bertz CT molecular complexity index is 935. The van der Waals surface area contributed by atoms with Crippen molar-refractivity contribution >= 4 is 34.8 Å². The normalized spacial score (nSPS) is 11.4. The Hall–Kier alpha value is -2.51. The Morgan fingerprint density at radius 2 is 1.65 bits per heavy atom. The molecule has 0 bridgehead atoms. The number of hydrogen-bond donors (Lipinski definition) is 1. The molecular formula is C17H10Cl2F3N3O. The first-order valence-corrected chi connectivity index (χ1v) is 7.99. The van der Waals surface area contributed by atoms with Gasteiger partial charge in [0, 0.05) is 15.7 Å². The minimum absolute atomic E-state index is 0.174. The minimum Gasteiger partial charge on any atom is -0.322 e. The van der Waals surface area contributed by atoms with Crippen LogP contribution >= 0.6 is 23.2 Å². The average molecular weight is 400 g/mol. The number of carbonyl (C=O) groups excluding carboxylic acids is 1. The van der Waals surface area contributed by atoms with Crippen molar-refractivity contribution in [2.24, 2.45) is 0 Å². The first-order chi connectivity index (χ1) is 12.3. The summed E-state index contributed by atoms with van der Waals surface area (Å²) in [7, 11) is 0. The number of nitrogens with one attached hydrogen (secondary N) is 1. The van der Waals surface area contributed by atoms with Crippen molar-refractivity contribution in [3.63, 3.8) is 0 Å². The molecule has 1 aromatic heterocycles. The Balaban J connectivity index is 2.02. The molecule has 9 heteroatoms. The summed E-state index contributed by atoms with van der Waals surface area (Å²) in [6, 6.07) is 11.9. The number of alkyl halides is 3. The monoisotopic (exact) mass is 399 g/mol. The molecule has 3 aromatic rings. The molecule has 0 aliphatic carbocycles. The molecule has 0 unspecified atom stereocenters. The van der Waals surface area contributed by atoms with Gasteiger partial charge in [-0.3, -0.25) is 4.79 Å². The lowest BCUT2D eigenvalue weighted by Gasteiger charge is -2.13. The molecule has 0 fully saturated rings. The quantitative estimate of drug-likeness (QED) is 0.636. The summed E-state index contributed by atoms with van der Waals surface area (Å²) in [5, 5.41) is 6.57. The molecule has 3 rings (SSSR count). The lowest BCUT2D eigenvalue weighted by atomic mass is 10.2. The number of rotatable bonds is 3. The van der Waals surface area contributed by atoms with Crippen LogP contribution in [0.4, 0.5) is 18.9 Å². The third-order valence-corrected chi connectivity index (χ3v) is 3.84. The molecule has 4 nitrogen and oxygen atoms in total. The van der Waals surface area contributed by atoms with Crippen molar-refractivity contribution < 1.29 is 18.0 Å². The zero-order valence-corrected chi connectivity index (χ0v) is 14.4. The number of benzene rings is 2. The van der Waals surface area contributed by atoms with E-state index in [9.17, 15) is 18.0 Å². The Kier molecular flexibility index (Phi) is 4.93. The lowest BCUT2D eigenvalue weighted by Crippen LogP contribution is -2.20. The van der Waals surface area contributed by atoms with E-state index >= 15 is 0 Å². The number of para-hydroxylation sites is 1. The summed E-state index contributed by atoms with van der Waals surface area (Å²) in [5.41, 5.74) is -1.43. The number of hydrogen-bond acceptors (Lipinski definition) is 2. The zero-order valence-electron chi connectivity index (χ0n) is 12.9. The highest BCUT2D eigenvalue weighted by Crippen LogP contribution is 2.34. The van der Waals surface area contributed by atoms with Gasteiger partial charge < -0.3 is 5.32 Å². The van der Waals surface area contributed by atoms with E-state index in [2.05, 4.69) is 10.4 Å². The molecule has 0 aliphatic rings. The fourth-order valence-electron chi connectivity index (χ4n) is 2.38. The maximum absolute atomic E-state index is 13.6. The zero-order chi connectivity index (χ0) is 18.9. The molecule has 26 heavy (non-hydrogen) atoms. The number of nitrogens with zero attached hydrogens (tertiary/aromatic N) is 2. The lowest BCUT2D eigenvalue weighted by molar-refractivity contribution is -0.143. The van der Waals surface area contributed by atoms with Crippen LogP contribution < -0.4 is 5.32 Å². The van der Waals surface area contributed by atoms with Crippen LogP contribution in [0, 0.1) is 0 Å². The second-order valence-corrected chi connectivity index (χ2v) is 6.14. The molecule has 134 valence electrons. The highest BCUT2D eigenvalue weighted by atomic mass is 35.5. The summed E-state index contributed by atoms with van der Waals surface area (Å²) in [4.78, 5) is 12.4. The fraction of sp³-hybridized carbons (Fsp3) is 0.0588. The van der Waals surface area contributed by atoms with Crippen molar-refractivity contribution in [3.8, 4) is 5.69 Å². The highest BCUT2D eigenvalue weighted by molar-refractivity contribution is 6.35. The molecular weight excluding hydrogens is 390 g/mol. The summed E-state index contributed by atoms with van der Waals surface area (Å²) >= 11 is 11.7. The molecule has 0 saturated carbocycles. The second kappa shape index (κ2) is 7.01. The topological polar surface area (TPSA) is 46.9 Å². The van der Waals surface area contributed by atoms with Crippen LogP contribution in [-0.2, 0) is 6.18 Å². The molecule has 1 N–H and O–H groups in total. The van der Waals surface area contributed by atoms with E-state index in [0.29, 0.717) is 4.68 Å². The van der Waals surface area contributed by atoms with Gasteiger partial charge in [-0.15, -0.1) is 0 Å². The molecule has 0 spiro atoms. The van der Waals surface area contributed by atoms with Gasteiger partial charge in [0.1, 0.15) is 0 Å². The third-order valence-electron chi connectivity index (χ3n) is 3.40. The van der Waals surface area contributed by atoms with Gasteiger partial charge in [0.15, 0.2) is 5.69 Å². The summed E-state index contributed by atoms with van der Waals surface area (Å²) < 4.78 is 41.4. The van der Waals surface area contributed by atoms with Crippen LogP contribution in [0.1, 0.15) is 16.1 Å². The smallest absolute Gasteiger partial charge is 0.322 e. The van der Waals surface area contributed by atoms with E-state index in [1.54, 1.807) is 18.2 Å². The number of anilines is 1. The molecule has 0 radical (unpaired) electrons. The predicted octanol–water partition coefficient (Wildman–Crippen LogP) is 5.45. The average Bonchev–Trinajstić information content (AvgIpc) is 3.00. The number of amides is 1. The summed E-state index contributed by atoms with van der Waals surface area (Å²) in [5.74, 6) is -0.974. The standard InChI is InChI=1S/C17H10Cl2F3N3O/c18-10-6-11(19)8-12(7-10)24-16(26)14-9-23-25(15(14)17(20,21)22)13-4-2-1-3-5-13/h1-9H,(H,24,26). The SMILES string of the molecule is O=C(Nc1cc(Cl)cc(Cl)c1)c1cnn(-c2ccccc2)c1C(F)(F)F. The maximum Gasteiger partial charge on any atom is 0.434 e. The van der Waals surface area contributed by atoms with Crippen LogP contribution in [0.15, 0.2) is 54.7 Å². The summed E-state index contributed by atoms with van der Waals surface area (Å²) in [6.07, 6.45) is -3.91. The number of carbonyl (C=O) groups is 1. The van der Waals surface area contributed by atoms with E-state index < -0.39 is 23.3 Å². The maximum atomic E-state index is 13.6. The van der Waals surface area contributed by atoms with Gasteiger partial charge in [0.05, 0.1) is 17.4 Å². The van der Waals surface area contributed by atoms with Crippen LogP contribution in [0.3, 0.4) is 0 Å². The van der Waals surface area contributed by atoms with Gasteiger partial charge in [0.2, 0.25) is 0 Å². The van der Waals surface area contributed by atoms with E-state index in [0.717, 1.165) is 6.20 Å². The van der Waals surface area contributed by atoms with Gasteiger partial charge in [-0.1, -0.05) is 41.4 Å². The molecule has 1 amide bonds. The van der Waals surface area contributed by atoms with E-state index in [1.165, 1.54) is 30.3 Å². The number of aromatic nitrogens is 2. The van der Waals surface area contributed by atoms with E-state index in [-0.39, 0.29) is 21.4 Å². The number of halogens is 5. The Labute approximate surface area is 156 Å². The van der Waals surface area contributed by atoms with Crippen LogP contribution in [0.2, 0.25) is 10.0 Å². The van der Waals surface area contributed by atoms with E-state index in [1.807, 2.05) is 0 Å². The Morgan fingerprint density at radius 3 is 2.23 bits per heavy atom. The van der Waals surface area contributed by atoms with Crippen molar-refractivity contribution in [3.05, 3.63) is 76.0 Å². The van der Waals surface area contributed by atoms with Gasteiger partial charge in [-0.05, 0) is 30.3 Å². The summed E-state index contributed by atoms with van der Waals surface area (Å²) in [6.45, 7) is 0. The van der Waals surface area contributed by atoms with Crippen LogP contribution in [-0.4, -0.2) is 15.7 Å². The molecule has 1 heterocycles. The molecule has 0 atom stereocenters. The first kappa shape index (κ1) is 18.3. The van der Waals surface area contributed by atoms with Gasteiger partial charge >= 0.3 is 6.18 Å². The van der Waals surface area contributed by atoms with E-state index in [4.69, 9.17) is 23.2 Å². The molecule has 0 saturated heterocycles. The third kappa shape index (κ3) is 3.84. The van der Waals surface area contributed by atoms with Gasteiger partial charge in [-0.2, -0.15) is 18.3 Å². The predicted molar refractivity (Wildman–Crippen MR) is 93.0 cm³/mol. The highest BCUT2D eigenvalue weighted by Gasteiger charge is 2.40. The fourth-order valence-corrected chi connectivity index (χ4v) is 2.90. The van der Waals surface area contributed by atoms with Crippen molar-refractivity contribution in [1.29, 1.82) is 0 Å². The largest absolute Gasteiger partial charge is 0.434 e. The first-order valence-electron chi connectivity index (χ1n) is 7.24. The molecule has 2 aromatic carbocycles. The minimum atomic E-state index is -4.79. The second-order valence-electron chi connectivity index (χ2n) is 5.26. The van der Waals surface area contributed by atoms with Gasteiger partial charge in [-0.25, -0.2) is 4.68 Å². The van der Waals surface area contributed by atoms with Crippen molar-refractivity contribution in [1.82, 2.24) is 9.78 Å². The van der Waals surface area contributed by atoms with Crippen LogP contribution in [0.5, 0.6) is 0 Å². The molecule has 0 aliphatic heterocycles. The van der Waals surface area contributed by atoms with Crippen LogP contribution in [0.25, 0.3) is 5.69 Å².